The van der Waals surface area contributed by atoms with Gasteiger partial charge in [0.05, 0.1) is 23.4 Å². The van der Waals surface area contributed by atoms with Gasteiger partial charge < -0.3 is 30.3 Å². The molecule has 0 amide bonds. The van der Waals surface area contributed by atoms with E-state index in [4.69, 9.17) is 4.74 Å². The molecule has 0 aromatic rings. The van der Waals surface area contributed by atoms with E-state index in [9.17, 15) is 30.3 Å². The number of carbonyl (C=O) groups excluding carboxylic acids is 1. The van der Waals surface area contributed by atoms with Crippen LogP contribution >= 0.6 is 0 Å². The second-order valence-corrected chi connectivity index (χ2v) is 11.3. The molecule has 0 saturated heterocycles. The summed E-state index contributed by atoms with van der Waals surface area (Å²) in [6.45, 7) is 8.20. The molecule has 1 spiro atoms. The summed E-state index contributed by atoms with van der Waals surface area (Å²) in [6, 6.07) is 0. The highest BCUT2D eigenvalue weighted by Gasteiger charge is 2.77. The molecule has 0 radical (unpaired) electrons. The minimum atomic E-state index is -1.70. The third-order valence-electron chi connectivity index (χ3n) is 9.52. The quantitative estimate of drug-likeness (QED) is 0.402. The predicted octanol–water partition coefficient (Wildman–Crippen LogP) is 0.739. The molecular formula is C22H36O7. The summed E-state index contributed by atoms with van der Waals surface area (Å²) in [5.74, 6) is -1.86. The van der Waals surface area contributed by atoms with Crippen molar-refractivity contribution in [2.45, 2.75) is 102 Å². The Morgan fingerprint density at radius 3 is 2.17 bits per heavy atom. The fourth-order valence-electron chi connectivity index (χ4n) is 8.14. The van der Waals surface area contributed by atoms with Gasteiger partial charge in [-0.25, -0.2) is 0 Å². The zero-order valence-corrected chi connectivity index (χ0v) is 18.1. The normalized spacial score (nSPS) is 58.3. The maximum Gasteiger partial charge on any atom is 0.302 e. The summed E-state index contributed by atoms with van der Waals surface area (Å²) >= 11 is 0. The van der Waals surface area contributed by atoms with Crippen molar-refractivity contribution >= 4 is 5.97 Å². The Hall–Kier alpha value is -0.730. The molecule has 7 heteroatoms. The number of ether oxygens (including phenoxy) is 1. The number of hydrogen-bond acceptors (Lipinski definition) is 7. The number of aliphatic hydroxyl groups excluding tert-OH is 2. The molecule has 7 nitrogen and oxygen atoms in total. The molecule has 0 heterocycles. The van der Waals surface area contributed by atoms with E-state index in [1.54, 1.807) is 27.7 Å². The summed E-state index contributed by atoms with van der Waals surface area (Å²) in [5, 5.41) is 57.0. The van der Waals surface area contributed by atoms with Gasteiger partial charge in [-0.3, -0.25) is 4.79 Å². The fraction of sp³-hybridized carbons (Fsp3) is 0.955. The van der Waals surface area contributed by atoms with Crippen LogP contribution in [0.5, 0.6) is 0 Å². The van der Waals surface area contributed by atoms with E-state index in [0.717, 1.165) is 0 Å². The molecule has 4 aliphatic carbocycles. The van der Waals surface area contributed by atoms with Gasteiger partial charge in [0.25, 0.3) is 0 Å². The Balaban J connectivity index is 1.90. The van der Waals surface area contributed by atoms with Gasteiger partial charge in [-0.1, -0.05) is 13.8 Å². The lowest BCUT2D eigenvalue weighted by Crippen LogP contribution is -2.60. The van der Waals surface area contributed by atoms with Crippen LogP contribution in [0.15, 0.2) is 0 Å². The van der Waals surface area contributed by atoms with E-state index in [2.05, 4.69) is 0 Å². The van der Waals surface area contributed by atoms with Gasteiger partial charge in [0.1, 0.15) is 11.7 Å². The van der Waals surface area contributed by atoms with E-state index >= 15 is 0 Å². The van der Waals surface area contributed by atoms with Gasteiger partial charge in [0.2, 0.25) is 0 Å². The molecule has 0 unspecified atom stereocenters. The highest BCUT2D eigenvalue weighted by molar-refractivity contribution is 5.66. The lowest BCUT2D eigenvalue weighted by atomic mass is 9.57. The zero-order valence-electron chi connectivity index (χ0n) is 18.1. The fourth-order valence-corrected chi connectivity index (χ4v) is 8.14. The number of fused-ring (bicyclic) bond motifs is 2. The first-order valence-corrected chi connectivity index (χ1v) is 10.8. The van der Waals surface area contributed by atoms with Gasteiger partial charge in [0.15, 0.2) is 0 Å². The molecule has 4 saturated carbocycles. The monoisotopic (exact) mass is 412 g/mol. The molecule has 0 aromatic heterocycles. The van der Waals surface area contributed by atoms with Gasteiger partial charge >= 0.3 is 5.97 Å². The topological polar surface area (TPSA) is 127 Å². The number of rotatable bonds is 1. The smallest absolute Gasteiger partial charge is 0.302 e. The van der Waals surface area contributed by atoms with Crippen molar-refractivity contribution in [3.63, 3.8) is 0 Å². The van der Waals surface area contributed by atoms with E-state index in [1.165, 1.54) is 6.92 Å². The molecule has 10 atom stereocenters. The molecule has 4 aliphatic rings. The predicted molar refractivity (Wildman–Crippen MR) is 104 cm³/mol. The maximum atomic E-state index is 11.9. The van der Waals surface area contributed by atoms with E-state index < -0.39 is 57.8 Å². The van der Waals surface area contributed by atoms with Crippen LogP contribution in [-0.2, 0) is 9.53 Å². The Morgan fingerprint density at radius 2 is 1.59 bits per heavy atom. The highest BCUT2D eigenvalue weighted by Crippen LogP contribution is 2.70. The molecule has 0 aromatic carbocycles. The van der Waals surface area contributed by atoms with Gasteiger partial charge in [-0.2, -0.15) is 0 Å². The summed E-state index contributed by atoms with van der Waals surface area (Å²) in [5.41, 5.74) is -6.08. The molecule has 0 aliphatic heterocycles. The third kappa shape index (κ3) is 2.45. The van der Waals surface area contributed by atoms with Crippen LogP contribution in [0.1, 0.15) is 66.7 Å². The van der Waals surface area contributed by atoms with E-state index in [0.29, 0.717) is 12.8 Å². The Kier molecular flexibility index (Phi) is 4.41. The van der Waals surface area contributed by atoms with Crippen LogP contribution in [0.25, 0.3) is 0 Å². The Morgan fingerprint density at radius 1 is 0.966 bits per heavy atom. The van der Waals surface area contributed by atoms with Crippen molar-refractivity contribution in [3.8, 4) is 0 Å². The first-order valence-electron chi connectivity index (χ1n) is 10.8. The average molecular weight is 413 g/mol. The van der Waals surface area contributed by atoms with Gasteiger partial charge in [0, 0.05) is 29.6 Å². The van der Waals surface area contributed by atoms with Crippen LogP contribution in [0, 0.1) is 28.6 Å². The average Bonchev–Trinajstić information content (AvgIpc) is 2.80. The van der Waals surface area contributed by atoms with Crippen LogP contribution in [0.4, 0.5) is 0 Å². The SMILES string of the molecule is CC(=O)O[C@H]1[C@H]2CC[C@H]3[C@](C)(O)[C@H]4C[C@H](O)C(C)(C)[C@]4(O)[C@@H](O)C[C@]13C[C@@]2(C)O. The van der Waals surface area contributed by atoms with Crippen LogP contribution in [0.3, 0.4) is 0 Å². The molecule has 29 heavy (non-hydrogen) atoms. The second kappa shape index (κ2) is 5.94. The van der Waals surface area contributed by atoms with Crippen molar-refractivity contribution < 1.29 is 35.1 Å². The summed E-state index contributed by atoms with van der Waals surface area (Å²) in [4.78, 5) is 11.9. The number of esters is 1. The molecule has 166 valence electrons. The molecule has 4 fully saturated rings. The number of carbonyl (C=O) groups is 1. The van der Waals surface area contributed by atoms with Crippen LogP contribution < -0.4 is 0 Å². The Bertz CT molecular complexity index is 716. The summed E-state index contributed by atoms with van der Waals surface area (Å²) < 4.78 is 5.75. The largest absolute Gasteiger partial charge is 0.462 e. The van der Waals surface area contributed by atoms with Crippen molar-refractivity contribution in [2.75, 3.05) is 0 Å². The van der Waals surface area contributed by atoms with Gasteiger partial charge in [-0.05, 0) is 51.9 Å². The van der Waals surface area contributed by atoms with Crippen LogP contribution in [-0.4, -0.2) is 66.6 Å². The van der Waals surface area contributed by atoms with E-state index in [1.807, 2.05) is 0 Å². The van der Waals surface area contributed by atoms with Crippen molar-refractivity contribution in [2.24, 2.45) is 28.6 Å². The highest BCUT2D eigenvalue weighted by atomic mass is 16.5. The summed E-state index contributed by atoms with van der Waals surface area (Å²) in [7, 11) is 0. The first kappa shape index (κ1) is 21.5. The van der Waals surface area contributed by atoms with E-state index in [-0.39, 0.29) is 31.1 Å². The standard InChI is InChI=1S/C22H36O7/c1-11(23)29-17-12-6-7-13-20(5,27)14-8-15(24)18(2,3)22(14,28)16(25)9-21(13,17)10-19(12,4)26/h12-17,24-28H,6-10H2,1-5H3/t12-,13+,14-,15+,16+,17+,19-,20+,21-,22-/m1/s1. The molecule has 4 rings (SSSR count). The minimum absolute atomic E-state index is 0.0988. The van der Waals surface area contributed by atoms with Crippen LogP contribution in [0.2, 0.25) is 0 Å². The minimum Gasteiger partial charge on any atom is -0.462 e. The summed E-state index contributed by atoms with van der Waals surface area (Å²) in [6.07, 6.45) is -0.985. The molecular weight excluding hydrogens is 376 g/mol. The number of hydrogen-bond donors (Lipinski definition) is 5. The maximum absolute atomic E-state index is 11.9. The third-order valence-corrected chi connectivity index (χ3v) is 9.52. The molecule has 2 bridgehead atoms. The van der Waals surface area contributed by atoms with Crippen molar-refractivity contribution in [3.05, 3.63) is 0 Å². The zero-order chi connectivity index (χ0) is 21.8. The van der Waals surface area contributed by atoms with Crippen molar-refractivity contribution in [1.82, 2.24) is 0 Å². The first-order chi connectivity index (χ1) is 13.1. The number of aliphatic hydroxyl groups is 5. The Labute approximate surface area is 172 Å². The molecule has 5 N–H and O–H groups in total. The lowest BCUT2D eigenvalue weighted by molar-refractivity contribution is -0.202. The van der Waals surface area contributed by atoms with Crippen molar-refractivity contribution in [1.29, 1.82) is 0 Å². The van der Waals surface area contributed by atoms with Gasteiger partial charge in [-0.15, -0.1) is 0 Å². The lowest BCUT2D eigenvalue weighted by Gasteiger charge is -2.51. The second-order valence-electron chi connectivity index (χ2n) is 11.3.